The minimum absolute atomic E-state index is 0.0545. The normalized spacial score (nSPS) is 18.2. The van der Waals surface area contributed by atoms with Crippen LogP contribution in [0.3, 0.4) is 0 Å². The number of hydrogen-bond donors (Lipinski definition) is 1. The van der Waals surface area contributed by atoms with Crippen molar-refractivity contribution >= 4 is 27.5 Å². The molecule has 0 aliphatic carbocycles. The van der Waals surface area contributed by atoms with Crippen LogP contribution in [0, 0.1) is 0 Å². The van der Waals surface area contributed by atoms with Crippen molar-refractivity contribution in [1.29, 1.82) is 0 Å². The summed E-state index contributed by atoms with van der Waals surface area (Å²) in [6.07, 6.45) is 0. The Balaban J connectivity index is 1.70. The Kier molecular flexibility index (Phi) is 6.22. The lowest BCUT2D eigenvalue weighted by Gasteiger charge is -2.33. The van der Waals surface area contributed by atoms with E-state index in [0.29, 0.717) is 4.31 Å². The van der Waals surface area contributed by atoms with Crippen molar-refractivity contribution in [3.63, 3.8) is 0 Å². The third kappa shape index (κ3) is 4.35. The molecule has 3 aromatic rings. The molecular formula is C25H22N2O5S. The van der Waals surface area contributed by atoms with Crippen molar-refractivity contribution in [3.05, 3.63) is 102 Å². The van der Waals surface area contributed by atoms with Crippen molar-refractivity contribution in [3.8, 4) is 0 Å². The van der Waals surface area contributed by atoms with Crippen LogP contribution in [0.25, 0.3) is 0 Å². The Labute approximate surface area is 192 Å². The number of nitrogens with zero attached hydrogens (tertiary/aromatic N) is 1. The molecule has 1 heterocycles. The molecule has 0 spiro atoms. The molecule has 0 saturated heterocycles. The zero-order valence-electron chi connectivity index (χ0n) is 17.8. The van der Waals surface area contributed by atoms with E-state index in [-0.39, 0.29) is 16.0 Å². The minimum atomic E-state index is -4.28. The first kappa shape index (κ1) is 22.6. The Morgan fingerprint density at radius 1 is 0.909 bits per heavy atom. The van der Waals surface area contributed by atoms with Gasteiger partial charge in [0, 0.05) is 11.1 Å². The maximum atomic E-state index is 13.4. The highest BCUT2D eigenvalue weighted by Crippen LogP contribution is 2.31. The number of ketones is 2. The van der Waals surface area contributed by atoms with Gasteiger partial charge in [0.1, 0.15) is 0 Å². The summed E-state index contributed by atoms with van der Waals surface area (Å²) in [7, 11) is -4.28. The van der Waals surface area contributed by atoms with Crippen molar-refractivity contribution in [2.24, 2.45) is 0 Å². The van der Waals surface area contributed by atoms with Crippen LogP contribution < -0.4 is 5.32 Å². The fourth-order valence-electron chi connectivity index (χ4n) is 3.88. The Hall–Kier alpha value is -3.62. The van der Waals surface area contributed by atoms with Gasteiger partial charge in [0.15, 0.2) is 17.6 Å². The Morgan fingerprint density at radius 2 is 1.48 bits per heavy atom. The van der Waals surface area contributed by atoms with Crippen LogP contribution in [0.4, 0.5) is 0 Å². The average molecular weight is 463 g/mol. The highest BCUT2D eigenvalue weighted by atomic mass is 32.2. The van der Waals surface area contributed by atoms with Crippen LogP contribution in [0.15, 0.2) is 89.8 Å². The third-order valence-electron chi connectivity index (χ3n) is 5.56. The summed E-state index contributed by atoms with van der Waals surface area (Å²) < 4.78 is 27.6. The molecule has 3 aromatic carbocycles. The maximum Gasteiger partial charge on any atom is 0.245 e. The number of benzene rings is 3. The molecule has 0 aromatic heterocycles. The van der Waals surface area contributed by atoms with E-state index < -0.39 is 46.1 Å². The first-order valence-corrected chi connectivity index (χ1v) is 11.8. The smallest absolute Gasteiger partial charge is 0.245 e. The lowest BCUT2D eigenvalue weighted by atomic mass is 9.96. The van der Waals surface area contributed by atoms with E-state index in [9.17, 15) is 22.8 Å². The van der Waals surface area contributed by atoms with Gasteiger partial charge in [-0.1, -0.05) is 72.8 Å². The lowest BCUT2D eigenvalue weighted by Crippen LogP contribution is -2.56. The van der Waals surface area contributed by atoms with Crippen molar-refractivity contribution in [2.75, 3.05) is 6.54 Å². The standard InChI is InChI=1S/C25H22N2O5S/c1-17(18-10-4-2-5-11-18)26-22(28)16-27-23(24(29)19-12-6-3-7-13-19)25(30)20-14-8-9-15-21(20)33(27,31)32/h2-15,17,23H,16H2,1H3,(H,26,28). The number of sulfonamides is 1. The van der Waals surface area contributed by atoms with Crippen LogP contribution in [0.5, 0.6) is 0 Å². The van der Waals surface area contributed by atoms with Gasteiger partial charge in [0.05, 0.1) is 17.5 Å². The van der Waals surface area contributed by atoms with Crippen LogP contribution in [0.2, 0.25) is 0 Å². The highest BCUT2D eigenvalue weighted by molar-refractivity contribution is 7.89. The number of hydrogen-bond acceptors (Lipinski definition) is 5. The topological polar surface area (TPSA) is 101 Å². The molecule has 2 atom stereocenters. The fraction of sp³-hybridized carbons (Fsp3) is 0.160. The van der Waals surface area contributed by atoms with Crippen molar-refractivity contribution < 1.29 is 22.8 Å². The first-order chi connectivity index (χ1) is 15.8. The Morgan fingerprint density at radius 3 is 2.15 bits per heavy atom. The second-order valence-corrected chi connectivity index (χ2v) is 9.60. The van der Waals surface area contributed by atoms with E-state index >= 15 is 0 Å². The molecule has 0 bridgehead atoms. The third-order valence-corrected chi connectivity index (χ3v) is 7.43. The second kappa shape index (κ2) is 9.09. The number of carbonyl (C=O) groups is 3. The fourth-order valence-corrected chi connectivity index (χ4v) is 5.58. The molecule has 0 radical (unpaired) electrons. The van der Waals surface area contributed by atoms with Gasteiger partial charge >= 0.3 is 0 Å². The van der Waals surface area contributed by atoms with E-state index in [1.54, 1.807) is 31.2 Å². The summed E-state index contributed by atoms with van der Waals surface area (Å²) in [6, 6.07) is 20.9. The summed E-state index contributed by atoms with van der Waals surface area (Å²) in [5.74, 6) is -1.95. The highest BCUT2D eigenvalue weighted by Gasteiger charge is 2.48. The van der Waals surface area contributed by atoms with Crippen LogP contribution in [0.1, 0.15) is 39.2 Å². The van der Waals surface area contributed by atoms with Crippen LogP contribution in [-0.2, 0) is 14.8 Å². The number of rotatable bonds is 6. The molecule has 2 unspecified atom stereocenters. The molecule has 7 nitrogen and oxygen atoms in total. The van der Waals surface area contributed by atoms with Crippen molar-refractivity contribution in [1.82, 2.24) is 9.62 Å². The van der Waals surface area contributed by atoms with Gasteiger partial charge in [0.25, 0.3) is 0 Å². The summed E-state index contributed by atoms with van der Waals surface area (Å²) in [5.41, 5.74) is 0.972. The molecule has 1 amide bonds. The molecule has 1 aliphatic heterocycles. The molecule has 168 valence electrons. The molecule has 4 rings (SSSR count). The van der Waals surface area contributed by atoms with Crippen molar-refractivity contribution in [2.45, 2.75) is 23.9 Å². The molecule has 0 saturated carbocycles. The molecule has 8 heteroatoms. The zero-order valence-corrected chi connectivity index (χ0v) is 18.7. The molecule has 0 fully saturated rings. The quantitative estimate of drug-likeness (QED) is 0.448. The van der Waals surface area contributed by atoms with E-state index in [1.807, 2.05) is 30.3 Å². The number of carbonyl (C=O) groups excluding carboxylic acids is 3. The predicted molar refractivity (Wildman–Crippen MR) is 122 cm³/mol. The van der Waals surface area contributed by atoms with Crippen LogP contribution in [-0.4, -0.2) is 42.8 Å². The molecular weight excluding hydrogens is 440 g/mol. The molecule has 33 heavy (non-hydrogen) atoms. The summed E-state index contributed by atoms with van der Waals surface area (Å²) >= 11 is 0. The molecule has 1 aliphatic rings. The number of nitrogens with one attached hydrogen (secondary N) is 1. The van der Waals surface area contributed by atoms with Crippen LogP contribution >= 0.6 is 0 Å². The van der Waals surface area contributed by atoms with E-state index in [1.165, 1.54) is 30.3 Å². The van der Waals surface area contributed by atoms with Gasteiger partial charge < -0.3 is 5.32 Å². The Bertz CT molecular complexity index is 1310. The van der Waals surface area contributed by atoms with Gasteiger partial charge in [-0.2, -0.15) is 4.31 Å². The van der Waals surface area contributed by atoms with Gasteiger partial charge in [0.2, 0.25) is 15.9 Å². The maximum absolute atomic E-state index is 13.4. The minimum Gasteiger partial charge on any atom is -0.348 e. The van der Waals surface area contributed by atoms with Gasteiger partial charge in [-0.25, -0.2) is 8.42 Å². The molecule has 1 N–H and O–H groups in total. The average Bonchev–Trinajstić information content (AvgIpc) is 2.83. The number of amides is 1. The lowest BCUT2D eigenvalue weighted by molar-refractivity contribution is -0.122. The zero-order chi connectivity index (χ0) is 23.6. The summed E-state index contributed by atoms with van der Waals surface area (Å²) in [4.78, 5) is 39.2. The largest absolute Gasteiger partial charge is 0.348 e. The van der Waals surface area contributed by atoms with E-state index in [0.717, 1.165) is 5.56 Å². The SMILES string of the molecule is CC(NC(=O)CN1C(C(=O)c2ccccc2)C(=O)c2ccccc2S1(=O)=O)c1ccccc1. The first-order valence-electron chi connectivity index (χ1n) is 10.4. The second-order valence-electron chi connectivity index (χ2n) is 7.74. The van der Waals surface area contributed by atoms with Gasteiger partial charge in [-0.15, -0.1) is 0 Å². The number of fused-ring (bicyclic) bond motifs is 1. The van der Waals surface area contributed by atoms with E-state index in [4.69, 9.17) is 0 Å². The van der Waals surface area contributed by atoms with Gasteiger partial charge in [-0.05, 0) is 24.6 Å². The summed E-state index contributed by atoms with van der Waals surface area (Å²) in [5, 5.41) is 2.75. The number of Topliss-reactive ketones (excluding diaryl/α,β-unsaturated/α-hetero) is 2. The predicted octanol–water partition coefficient (Wildman–Crippen LogP) is 3.00. The van der Waals surface area contributed by atoms with E-state index in [2.05, 4.69) is 5.32 Å². The summed E-state index contributed by atoms with van der Waals surface area (Å²) in [6.45, 7) is 1.10. The van der Waals surface area contributed by atoms with Gasteiger partial charge in [-0.3, -0.25) is 14.4 Å². The monoisotopic (exact) mass is 462 g/mol.